The lowest BCUT2D eigenvalue weighted by molar-refractivity contribution is -0.157. The van der Waals surface area contributed by atoms with Crippen molar-refractivity contribution in [2.75, 3.05) is 6.61 Å². The molecule has 0 aliphatic rings. The van der Waals surface area contributed by atoms with Crippen LogP contribution in [-0.4, -0.2) is 45.1 Å². The predicted octanol–water partition coefficient (Wildman–Crippen LogP) is 14.3. The Morgan fingerprint density at radius 1 is 0.537 bits per heavy atom. The SMILES string of the molecule is CC(C)(C)OC(=O)COc1cc(F)cc([C@](Cc2ccccc2)(NC(=O)c2ccc(F)c(C(F)(F)F)c2)c2ccc(Cl)cn2)c1.O=C(N[C@@](Cc1ccccc1)(c1cc(O)cc(F)c1)c1ccc(Cl)cn1)c1ccc(F)c(C(F)(F)F)c1. The van der Waals surface area contributed by atoms with Crippen molar-refractivity contribution in [3.8, 4) is 11.5 Å². The molecular formula is C60H46Cl2F10N4O6. The van der Waals surface area contributed by atoms with Gasteiger partial charge in [-0.05, 0) is 128 Å². The number of pyridine rings is 2. The van der Waals surface area contributed by atoms with Gasteiger partial charge in [-0.2, -0.15) is 26.3 Å². The number of amides is 2. The number of phenols is 1. The van der Waals surface area contributed by atoms with E-state index in [4.69, 9.17) is 32.7 Å². The first-order chi connectivity index (χ1) is 38.5. The van der Waals surface area contributed by atoms with Gasteiger partial charge in [-0.25, -0.2) is 22.4 Å². The van der Waals surface area contributed by atoms with Crippen molar-refractivity contribution in [2.24, 2.45) is 0 Å². The summed E-state index contributed by atoms with van der Waals surface area (Å²) < 4.78 is 149. The molecule has 2 heterocycles. The molecule has 22 heteroatoms. The molecule has 0 aliphatic heterocycles. The molecule has 0 bridgehead atoms. The van der Waals surface area contributed by atoms with Crippen molar-refractivity contribution in [3.05, 3.63) is 259 Å². The van der Waals surface area contributed by atoms with Gasteiger partial charge in [0.25, 0.3) is 11.8 Å². The number of ether oxygens (including phenoxy) is 2. The number of aromatic nitrogens is 2. The van der Waals surface area contributed by atoms with Gasteiger partial charge in [-0.3, -0.25) is 19.6 Å². The van der Waals surface area contributed by atoms with Crippen LogP contribution in [-0.2, 0) is 45.8 Å². The van der Waals surface area contributed by atoms with Crippen molar-refractivity contribution < 1.29 is 72.9 Å². The lowest BCUT2D eigenvalue weighted by Gasteiger charge is -2.36. The number of nitrogens with zero attached hydrogens (tertiary/aromatic N) is 2. The molecule has 2 amide bonds. The fourth-order valence-electron chi connectivity index (χ4n) is 8.63. The molecule has 0 saturated heterocycles. The number of rotatable bonds is 15. The third kappa shape index (κ3) is 15.5. The molecule has 8 rings (SSSR count). The average molecular weight is 1180 g/mol. The molecule has 0 saturated carbocycles. The Bertz CT molecular complexity index is 3550. The van der Waals surface area contributed by atoms with Crippen LogP contribution in [0, 0.1) is 23.3 Å². The van der Waals surface area contributed by atoms with Gasteiger partial charge in [-0.1, -0.05) is 83.9 Å². The van der Waals surface area contributed by atoms with E-state index >= 15 is 4.39 Å². The smallest absolute Gasteiger partial charge is 0.419 e. The minimum atomic E-state index is -5.07. The number of hydrogen-bond donors (Lipinski definition) is 3. The van der Waals surface area contributed by atoms with Gasteiger partial charge in [0.2, 0.25) is 0 Å². The molecule has 0 unspecified atom stereocenters. The summed E-state index contributed by atoms with van der Waals surface area (Å²) in [5.41, 5.74) is -6.73. The number of carbonyl (C=O) groups is 3. The Morgan fingerprint density at radius 3 is 1.35 bits per heavy atom. The molecule has 0 radical (unpaired) electrons. The van der Waals surface area contributed by atoms with Crippen molar-refractivity contribution in [1.29, 1.82) is 0 Å². The topological polar surface area (TPSA) is 140 Å². The highest BCUT2D eigenvalue weighted by atomic mass is 35.5. The van der Waals surface area contributed by atoms with Gasteiger partial charge >= 0.3 is 18.3 Å². The molecule has 8 aromatic rings. The highest BCUT2D eigenvalue weighted by Crippen LogP contribution is 2.40. The molecule has 0 spiro atoms. The lowest BCUT2D eigenvalue weighted by Crippen LogP contribution is -2.49. The Hall–Kier alpha value is -8.49. The van der Waals surface area contributed by atoms with Gasteiger partial charge < -0.3 is 25.2 Å². The minimum absolute atomic E-state index is 0.0373. The second-order valence-corrected chi connectivity index (χ2v) is 20.3. The maximum absolute atomic E-state index is 15.2. The van der Waals surface area contributed by atoms with Crippen molar-refractivity contribution >= 4 is 41.0 Å². The quantitative estimate of drug-likeness (QED) is 0.0681. The first-order valence-corrected chi connectivity index (χ1v) is 25.2. The van der Waals surface area contributed by atoms with Crippen molar-refractivity contribution in [3.63, 3.8) is 0 Å². The molecule has 82 heavy (non-hydrogen) atoms. The lowest BCUT2D eigenvalue weighted by atomic mass is 9.80. The molecule has 426 valence electrons. The first kappa shape index (κ1) is 61.1. The van der Waals surface area contributed by atoms with Crippen LogP contribution in [0.15, 0.2) is 170 Å². The predicted molar refractivity (Wildman–Crippen MR) is 284 cm³/mol. The maximum atomic E-state index is 15.2. The van der Waals surface area contributed by atoms with Gasteiger partial charge in [0.05, 0.1) is 32.6 Å². The monoisotopic (exact) mass is 1180 g/mol. The molecule has 2 aromatic heterocycles. The van der Waals surface area contributed by atoms with Crippen molar-refractivity contribution in [1.82, 2.24) is 20.6 Å². The summed E-state index contributed by atoms with van der Waals surface area (Å²) in [5, 5.41) is 16.1. The summed E-state index contributed by atoms with van der Waals surface area (Å²) in [6, 6.07) is 33.6. The zero-order chi connectivity index (χ0) is 59.8. The van der Waals surface area contributed by atoms with Crippen LogP contribution in [0.5, 0.6) is 11.5 Å². The zero-order valence-electron chi connectivity index (χ0n) is 43.2. The fraction of sp³-hybridized carbons (Fsp3) is 0.183. The molecular weight excluding hydrogens is 1130 g/mol. The fourth-order valence-corrected chi connectivity index (χ4v) is 8.85. The van der Waals surface area contributed by atoms with E-state index in [-0.39, 0.29) is 51.2 Å². The van der Waals surface area contributed by atoms with Crippen LogP contribution in [0.25, 0.3) is 0 Å². The van der Waals surface area contributed by atoms with Gasteiger partial charge in [0.1, 0.15) is 51.4 Å². The van der Waals surface area contributed by atoms with E-state index in [0.29, 0.717) is 35.4 Å². The summed E-state index contributed by atoms with van der Waals surface area (Å²) >= 11 is 12.1. The van der Waals surface area contributed by atoms with E-state index in [9.17, 15) is 59.0 Å². The average Bonchev–Trinajstić information content (AvgIpc) is 3.05. The molecule has 6 aromatic carbocycles. The summed E-state index contributed by atoms with van der Waals surface area (Å²) in [5.74, 6) is -8.02. The van der Waals surface area contributed by atoms with Crippen LogP contribution >= 0.6 is 23.2 Å². The Balaban J connectivity index is 0.000000240. The highest BCUT2D eigenvalue weighted by molar-refractivity contribution is 6.30. The van der Waals surface area contributed by atoms with E-state index in [1.807, 2.05) is 0 Å². The van der Waals surface area contributed by atoms with E-state index in [0.717, 1.165) is 36.4 Å². The van der Waals surface area contributed by atoms with Crippen LogP contribution in [0.3, 0.4) is 0 Å². The summed E-state index contributed by atoms with van der Waals surface area (Å²) in [6.45, 7) is 4.45. The van der Waals surface area contributed by atoms with Crippen LogP contribution < -0.4 is 15.4 Å². The number of alkyl halides is 6. The molecule has 0 aliphatic carbocycles. The number of phenolic OH excluding ortho intramolecular Hbond substituents is 1. The van der Waals surface area contributed by atoms with Crippen LogP contribution in [0.2, 0.25) is 10.0 Å². The molecule has 0 fully saturated rings. The van der Waals surface area contributed by atoms with E-state index in [1.165, 1.54) is 48.8 Å². The van der Waals surface area contributed by atoms with Crippen molar-refractivity contribution in [2.45, 2.75) is 62.6 Å². The van der Waals surface area contributed by atoms with Gasteiger partial charge in [0.15, 0.2) is 6.61 Å². The second-order valence-electron chi connectivity index (χ2n) is 19.4. The zero-order valence-corrected chi connectivity index (χ0v) is 44.7. The van der Waals surface area contributed by atoms with E-state index < -0.39 is 105 Å². The Labute approximate surface area is 472 Å². The van der Waals surface area contributed by atoms with Gasteiger partial charge in [0, 0.05) is 48.5 Å². The largest absolute Gasteiger partial charge is 0.508 e. The standard InChI is InChI=1S/C33H28ClF5N2O4.C27H18ClF5N2O2/c1-31(2,3)45-29(42)19-44-25-15-22(14-24(35)16-25)32(17-20-7-5-4-6-8-20,28-12-10-23(34)18-40-28)41-30(43)21-9-11-27(36)26(13-21)33(37,38)39;28-19-7-9-24(34-15-19)26(14-16-4-2-1-3-5-16,18-11-20(29)13-21(36)12-18)35-25(37)17-6-8-23(30)22(10-17)27(31,32)33/h4-16,18H,17,19H2,1-3H3,(H,41,43);1-13,15,36H,14H2,(H,35,37)/t32-;26-/m00/s1. The first-order valence-electron chi connectivity index (χ1n) is 24.4. The highest BCUT2D eigenvalue weighted by Gasteiger charge is 2.42. The molecule has 3 N–H and O–H groups in total. The second kappa shape index (κ2) is 25.1. The number of carbonyl (C=O) groups excluding carboxylic acids is 3. The normalized spacial score (nSPS) is 13.1. The summed E-state index contributed by atoms with van der Waals surface area (Å²) in [7, 11) is 0. The minimum Gasteiger partial charge on any atom is -0.508 e. The number of nitrogens with one attached hydrogen (secondary N) is 2. The van der Waals surface area contributed by atoms with E-state index in [1.54, 1.807) is 81.4 Å². The van der Waals surface area contributed by atoms with Crippen LogP contribution in [0.1, 0.15) is 86.3 Å². The number of halogens is 12. The summed E-state index contributed by atoms with van der Waals surface area (Å²) in [4.78, 5) is 48.1. The molecule has 10 nitrogen and oxygen atoms in total. The Morgan fingerprint density at radius 2 is 0.963 bits per heavy atom. The number of esters is 1. The maximum Gasteiger partial charge on any atom is 0.419 e. The third-order valence-corrected chi connectivity index (χ3v) is 12.6. The van der Waals surface area contributed by atoms with E-state index in [2.05, 4.69) is 20.6 Å². The number of aromatic hydroxyl groups is 1. The van der Waals surface area contributed by atoms with Gasteiger partial charge in [-0.15, -0.1) is 0 Å². The number of hydrogen-bond acceptors (Lipinski definition) is 8. The van der Waals surface area contributed by atoms with Crippen LogP contribution in [0.4, 0.5) is 43.9 Å². The summed E-state index contributed by atoms with van der Waals surface area (Å²) in [6.07, 6.45) is -7.63. The third-order valence-electron chi connectivity index (χ3n) is 12.2. The molecule has 2 atom stereocenters. The Kier molecular flexibility index (Phi) is 18.7. The number of benzene rings is 6.